The fraction of sp³-hybridized carbons (Fsp3) is 0.842. The number of hydrogen-bond donors (Lipinski definition) is 2. The molecule has 2 N–H and O–H groups in total. The van der Waals surface area contributed by atoms with Gasteiger partial charge in [0.15, 0.2) is 0 Å². The third-order valence-corrected chi connectivity index (χ3v) is 5.06. The highest BCUT2D eigenvalue weighted by molar-refractivity contribution is 7.98. The number of hydrogen-bond acceptors (Lipinski definition) is 10. The molecule has 0 bridgehead atoms. The summed E-state index contributed by atoms with van der Waals surface area (Å²) < 4.78 is 21.6. The van der Waals surface area contributed by atoms with Crippen molar-refractivity contribution in [2.75, 3.05) is 70.1 Å². The number of rotatable bonds is 20. The lowest BCUT2D eigenvalue weighted by Gasteiger charge is -2.34. The molecule has 0 aromatic heterocycles. The molecule has 0 aromatic rings. The molecular weight excluding hydrogens is 464 g/mol. The van der Waals surface area contributed by atoms with Gasteiger partial charge in [0.2, 0.25) is 11.8 Å². The monoisotopic (exact) mass is 500 g/mol. The van der Waals surface area contributed by atoms with Crippen molar-refractivity contribution in [3.8, 4) is 0 Å². The van der Waals surface area contributed by atoms with Crippen molar-refractivity contribution < 1.29 is 33.3 Å². The molecule has 2 amide bonds. The highest BCUT2D eigenvalue weighted by Gasteiger charge is 2.33. The Bertz CT molecular complexity index is 486. The number of thioether (sulfide) groups is 3. The first-order valence-electron chi connectivity index (χ1n) is 9.77. The topological polar surface area (TPSA) is 112 Å². The van der Waals surface area contributed by atoms with Gasteiger partial charge in [-0.15, -0.1) is 35.3 Å². The molecule has 12 heteroatoms. The minimum atomic E-state index is -0.858. The number of amides is 2. The van der Waals surface area contributed by atoms with Crippen LogP contribution >= 0.6 is 35.3 Å². The first kappa shape index (κ1) is 30.3. The van der Waals surface area contributed by atoms with Crippen molar-refractivity contribution in [3.63, 3.8) is 0 Å². The molecule has 0 rings (SSSR count). The predicted octanol–water partition coefficient (Wildman–Crippen LogP) is 1.70. The van der Waals surface area contributed by atoms with Crippen LogP contribution in [0.15, 0.2) is 0 Å². The first-order chi connectivity index (χ1) is 14.9. The minimum absolute atomic E-state index is 0.162. The van der Waals surface area contributed by atoms with Crippen molar-refractivity contribution in [1.29, 1.82) is 0 Å². The summed E-state index contributed by atoms with van der Waals surface area (Å²) in [6.45, 7) is 0.516. The first-order valence-corrected chi connectivity index (χ1v) is 14.0. The molecule has 0 aliphatic carbocycles. The second kappa shape index (κ2) is 20.0. The SMILES string of the molecule is COC(=O)CCCCC(=O)NCC(=O)NC(COCSC)(COCSC)COCSC. The molecule has 182 valence electrons. The summed E-state index contributed by atoms with van der Waals surface area (Å²) >= 11 is 4.60. The minimum Gasteiger partial charge on any atom is -0.469 e. The van der Waals surface area contributed by atoms with Crippen molar-refractivity contribution in [2.45, 2.75) is 31.2 Å². The average molecular weight is 501 g/mol. The van der Waals surface area contributed by atoms with Crippen LogP contribution in [0.3, 0.4) is 0 Å². The third kappa shape index (κ3) is 16.6. The fourth-order valence-electron chi connectivity index (χ4n) is 2.46. The van der Waals surface area contributed by atoms with Gasteiger partial charge >= 0.3 is 5.97 Å². The van der Waals surface area contributed by atoms with Crippen molar-refractivity contribution in [1.82, 2.24) is 10.6 Å². The van der Waals surface area contributed by atoms with E-state index in [9.17, 15) is 14.4 Å². The van der Waals surface area contributed by atoms with E-state index in [2.05, 4.69) is 15.4 Å². The maximum absolute atomic E-state index is 12.6. The summed E-state index contributed by atoms with van der Waals surface area (Å²) in [5, 5.41) is 5.54. The van der Waals surface area contributed by atoms with Gasteiger partial charge in [-0.3, -0.25) is 14.4 Å². The van der Waals surface area contributed by atoms with Gasteiger partial charge < -0.3 is 29.6 Å². The quantitative estimate of drug-likeness (QED) is 0.145. The highest BCUT2D eigenvalue weighted by Crippen LogP contribution is 2.12. The van der Waals surface area contributed by atoms with Crippen LogP contribution in [0.4, 0.5) is 0 Å². The standard InChI is InChI=1S/C19H36N2O7S3/c1-25-18(24)8-6-5-7-16(22)20-9-17(23)21-19(10-26-13-29-2,11-27-14-30-3)12-28-15-31-4/h5-15H2,1-4H3,(H,20,22)(H,21,23). The van der Waals surface area contributed by atoms with E-state index in [1.807, 2.05) is 18.8 Å². The maximum Gasteiger partial charge on any atom is 0.305 e. The van der Waals surface area contributed by atoms with E-state index >= 15 is 0 Å². The molecule has 0 atom stereocenters. The molecule has 0 saturated heterocycles. The summed E-state index contributed by atoms with van der Waals surface area (Å²) in [6.07, 6.45) is 7.39. The van der Waals surface area contributed by atoms with Gasteiger partial charge in [-0.2, -0.15) is 0 Å². The summed E-state index contributed by atoms with van der Waals surface area (Å²) in [6, 6.07) is 0. The molecule has 0 fully saturated rings. The van der Waals surface area contributed by atoms with E-state index in [0.717, 1.165) is 0 Å². The Hall–Kier alpha value is -0.660. The molecule has 0 aliphatic heterocycles. The van der Waals surface area contributed by atoms with Crippen molar-refractivity contribution in [3.05, 3.63) is 0 Å². The number of carbonyl (C=O) groups excluding carboxylic acids is 3. The van der Waals surface area contributed by atoms with Crippen LogP contribution in [-0.4, -0.2) is 93.4 Å². The third-order valence-electron chi connectivity index (χ3n) is 3.85. The van der Waals surface area contributed by atoms with Crippen LogP contribution in [-0.2, 0) is 33.3 Å². The predicted molar refractivity (Wildman–Crippen MR) is 127 cm³/mol. The van der Waals surface area contributed by atoms with Crippen LogP contribution in [0.1, 0.15) is 25.7 Å². The molecule has 9 nitrogen and oxygen atoms in total. The molecule has 0 unspecified atom stereocenters. The molecule has 31 heavy (non-hydrogen) atoms. The molecule has 0 aromatic carbocycles. The molecule has 0 radical (unpaired) electrons. The smallest absolute Gasteiger partial charge is 0.305 e. The Kier molecular flexibility index (Phi) is 19.6. The zero-order valence-corrected chi connectivity index (χ0v) is 21.3. The Balaban J connectivity index is 4.70. The van der Waals surface area contributed by atoms with Gasteiger partial charge in [0.25, 0.3) is 0 Å². The van der Waals surface area contributed by atoms with Gasteiger partial charge in [0.1, 0.15) is 5.54 Å². The number of esters is 1. The van der Waals surface area contributed by atoms with Gasteiger partial charge in [0, 0.05) is 12.8 Å². The second-order valence-electron chi connectivity index (χ2n) is 6.65. The normalized spacial score (nSPS) is 11.2. The Labute approximate surface area is 198 Å². The lowest BCUT2D eigenvalue weighted by atomic mass is 10.0. The lowest BCUT2D eigenvalue weighted by Crippen LogP contribution is -2.60. The summed E-state index contributed by atoms with van der Waals surface area (Å²) in [7, 11) is 1.33. The van der Waals surface area contributed by atoms with Gasteiger partial charge in [0.05, 0.1) is 51.3 Å². The van der Waals surface area contributed by atoms with E-state index in [0.29, 0.717) is 30.7 Å². The van der Waals surface area contributed by atoms with Crippen LogP contribution in [0, 0.1) is 0 Å². The van der Waals surface area contributed by atoms with E-state index in [-0.39, 0.29) is 57.0 Å². The molecule has 0 aliphatic rings. The largest absolute Gasteiger partial charge is 0.469 e. The number of methoxy groups -OCH3 is 1. The summed E-state index contributed by atoms with van der Waals surface area (Å²) in [5.41, 5.74) is -0.858. The second-order valence-corrected chi connectivity index (χ2v) is 9.09. The van der Waals surface area contributed by atoms with Crippen LogP contribution in [0.25, 0.3) is 0 Å². The average Bonchev–Trinajstić information content (AvgIpc) is 2.75. The number of carbonyl (C=O) groups is 3. The Morgan fingerprint density at radius 1 is 0.774 bits per heavy atom. The molecular formula is C19H36N2O7S3. The molecule has 0 saturated carbocycles. The van der Waals surface area contributed by atoms with E-state index in [1.165, 1.54) is 42.4 Å². The van der Waals surface area contributed by atoms with Gasteiger partial charge in [-0.25, -0.2) is 0 Å². The lowest BCUT2D eigenvalue weighted by molar-refractivity contribution is -0.140. The zero-order chi connectivity index (χ0) is 23.4. The molecule has 0 heterocycles. The van der Waals surface area contributed by atoms with Crippen molar-refractivity contribution in [2.24, 2.45) is 0 Å². The number of unbranched alkanes of at least 4 members (excludes halogenated alkanes) is 1. The van der Waals surface area contributed by atoms with Crippen molar-refractivity contribution >= 4 is 53.1 Å². The maximum atomic E-state index is 12.6. The number of nitrogens with one attached hydrogen (secondary N) is 2. The summed E-state index contributed by atoms with van der Waals surface area (Å²) in [4.78, 5) is 35.6. The van der Waals surface area contributed by atoms with Gasteiger partial charge in [-0.05, 0) is 31.6 Å². The van der Waals surface area contributed by atoms with E-state index < -0.39 is 5.54 Å². The van der Waals surface area contributed by atoms with Crippen LogP contribution in [0.2, 0.25) is 0 Å². The van der Waals surface area contributed by atoms with Gasteiger partial charge in [-0.1, -0.05) is 0 Å². The van der Waals surface area contributed by atoms with Crippen LogP contribution in [0.5, 0.6) is 0 Å². The van der Waals surface area contributed by atoms with E-state index in [1.54, 1.807) is 0 Å². The zero-order valence-electron chi connectivity index (χ0n) is 18.9. The molecule has 0 spiro atoms. The highest BCUT2D eigenvalue weighted by atomic mass is 32.2. The Morgan fingerprint density at radius 3 is 1.71 bits per heavy atom. The summed E-state index contributed by atoms with van der Waals surface area (Å²) in [5.74, 6) is 0.533. The van der Waals surface area contributed by atoms with Crippen LogP contribution < -0.4 is 10.6 Å². The van der Waals surface area contributed by atoms with E-state index in [4.69, 9.17) is 14.2 Å². The Morgan fingerprint density at radius 2 is 1.26 bits per heavy atom. The fourth-order valence-corrected chi connectivity index (χ4v) is 3.21. The number of ether oxygens (including phenoxy) is 4.